The standard InChI is InChI=1S/C13H18N4O3S/c1-7-5-11(20-4)12(6-10(7)14)21(18,19)17-13-8(2)15-16-9(13)3/h5-6,17H,14H2,1-4H3,(H,15,16). The fourth-order valence-electron chi connectivity index (χ4n) is 1.94. The third-order valence-corrected chi connectivity index (χ3v) is 4.58. The molecular formula is C13H18N4O3S. The van der Waals surface area contributed by atoms with Crippen molar-refractivity contribution in [3.8, 4) is 5.75 Å². The molecule has 0 bridgehead atoms. The number of sulfonamides is 1. The minimum Gasteiger partial charge on any atom is -0.495 e. The molecule has 2 aromatic rings. The van der Waals surface area contributed by atoms with E-state index in [1.54, 1.807) is 26.8 Å². The van der Waals surface area contributed by atoms with E-state index in [9.17, 15) is 8.42 Å². The van der Waals surface area contributed by atoms with Crippen molar-refractivity contribution < 1.29 is 13.2 Å². The summed E-state index contributed by atoms with van der Waals surface area (Å²) < 4.78 is 32.8. The van der Waals surface area contributed by atoms with Crippen molar-refractivity contribution in [1.29, 1.82) is 0 Å². The molecular weight excluding hydrogens is 292 g/mol. The largest absolute Gasteiger partial charge is 0.495 e. The molecule has 0 saturated carbocycles. The first-order valence-electron chi connectivity index (χ1n) is 6.24. The van der Waals surface area contributed by atoms with Gasteiger partial charge in [0, 0.05) is 5.69 Å². The first-order valence-corrected chi connectivity index (χ1v) is 7.73. The molecule has 7 nitrogen and oxygen atoms in total. The number of anilines is 2. The number of nitrogen functional groups attached to an aromatic ring is 1. The van der Waals surface area contributed by atoms with Crippen LogP contribution >= 0.6 is 0 Å². The van der Waals surface area contributed by atoms with E-state index in [1.165, 1.54) is 13.2 Å². The molecule has 0 unspecified atom stereocenters. The van der Waals surface area contributed by atoms with Crippen LogP contribution in [0.2, 0.25) is 0 Å². The van der Waals surface area contributed by atoms with Crippen LogP contribution < -0.4 is 15.2 Å². The third-order valence-electron chi connectivity index (χ3n) is 3.21. The second-order valence-electron chi connectivity index (χ2n) is 4.77. The maximum Gasteiger partial charge on any atom is 0.265 e. The van der Waals surface area contributed by atoms with Crippen LogP contribution in [0.4, 0.5) is 11.4 Å². The molecule has 8 heteroatoms. The van der Waals surface area contributed by atoms with Crippen molar-refractivity contribution in [2.24, 2.45) is 0 Å². The molecule has 1 heterocycles. The molecule has 0 fully saturated rings. The monoisotopic (exact) mass is 310 g/mol. The Labute approximate surface area is 123 Å². The van der Waals surface area contributed by atoms with Gasteiger partial charge in [-0.3, -0.25) is 9.82 Å². The lowest BCUT2D eigenvalue weighted by Gasteiger charge is -2.13. The average Bonchev–Trinajstić information content (AvgIpc) is 2.72. The number of aromatic amines is 1. The van der Waals surface area contributed by atoms with E-state index in [1.807, 2.05) is 0 Å². The van der Waals surface area contributed by atoms with E-state index in [0.29, 0.717) is 22.8 Å². The molecule has 21 heavy (non-hydrogen) atoms. The van der Waals surface area contributed by atoms with Crippen LogP contribution in [0.5, 0.6) is 5.75 Å². The van der Waals surface area contributed by atoms with Gasteiger partial charge in [-0.15, -0.1) is 0 Å². The molecule has 0 aliphatic heterocycles. The molecule has 1 aromatic carbocycles. The summed E-state index contributed by atoms with van der Waals surface area (Å²) in [5, 5.41) is 6.69. The predicted octanol–water partition coefficient (Wildman–Crippen LogP) is 1.73. The van der Waals surface area contributed by atoms with Gasteiger partial charge in [-0.05, 0) is 38.5 Å². The van der Waals surface area contributed by atoms with Crippen LogP contribution in [-0.2, 0) is 10.0 Å². The number of benzene rings is 1. The summed E-state index contributed by atoms with van der Waals surface area (Å²) in [4.78, 5) is -0.00639. The van der Waals surface area contributed by atoms with Crippen LogP contribution in [0.15, 0.2) is 17.0 Å². The van der Waals surface area contributed by atoms with Crippen molar-refractivity contribution in [3.05, 3.63) is 29.1 Å². The number of rotatable bonds is 4. The lowest BCUT2D eigenvalue weighted by molar-refractivity contribution is 0.402. The van der Waals surface area contributed by atoms with Crippen molar-refractivity contribution in [2.45, 2.75) is 25.7 Å². The highest BCUT2D eigenvalue weighted by Crippen LogP contribution is 2.31. The second-order valence-corrected chi connectivity index (χ2v) is 6.42. The van der Waals surface area contributed by atoms with Crippen molar-refractivity contribution in [2.75, 3.05) is 17.6 Å². The number of methoxy groups -OCH3 is 1. The number of nitrogens with zero attached hydrogens (tertiary/aromatic N) is 1. The van der Waals surface area contributed by atoms with E-state index in [4.69, 9.17) is 10.5 Å². The van der Waals surface area contributed by atoms with E-state index >= 15 is 0 Å². The molecule has 0 saturated heterocycles. The lowest BCUT2D eigenvalue weighted by Crippen LogP contribution is -2.15. The minimum absolute atomic E-state index is 0.00639. The predicted molar refractivity (Wildman–Crippen MR) is 81.0 cm³/mol. The summed E-state index contributed by atoms with van der Waals surface area (Å²) in [6.07, 6.45) is 0. The van der Waals surface area contributed by atoms with Crippen LogP contribution in [0, 0.1) is 20.8 Å². The maximum absolute atomic E-state index is 12.6. The topological polar surface area (TPSA) is 110 Å². The summed E-state index contributed by atoms with van der Waals surface area (Å²) >= 11 is 0. The van der Waals surface area contributed by atoms with Crippen molar-refractivity contribution >= 4 is 21.4 Å². The number of H-pyrrole nitrogens is 1. The Hall–Kier alpha value is -2.22. The summed E-state index contributed by atoms with van der Waals surface area (Å²) in [6.45, 7) is 5.23. The SMILES string of the molecule is COc1cc(C)c(N)cc1S(=O)(=O)Nc1c(C)n[nH]c1C. The van der Waals surface area contributed by atoms with Crippen LogP contribution in [0.1, 0.15) is 17.0 Å². The average molecular weight is 310 g/mol. The molecule has 0 atom stereocenters. The van der Waals surface area contributed by atoms with Gasteiger partial charge in [0.15, 0.2) is 0 Å². The molecule has 2 rings (SSSR count). The van der Waals surface area contributed by atoms with E-state index in [2.05, 4.69) is 14.9 Å². The van der Waals surface area contributed by atoms with Crippen molar-refractivity contribution in [3.63, 3.8) is 0 Å². The summed E-state index contributed by atoms with van der Waals surface area (Å²) in [6, 6.07) is 2.99. The smallest absolute Gasteiger partial charge is 0.265 e. The van der Waals surface area contributed by atoms with Gasteiger partial charge in [0.05, 0.1) is 24.2 Å². The normalized spacial score (nSPS) is 11.4. The van der Waals surface area contributed by atoms with Gasteiger partial charge in [0.1, 0.15) is 10.6 Å². The first-order chi connectivity index (χ1) is 9.76. The molecule has 0 aliphatic carbocycles. The molecule has 4 N–H and O–H groups in total. The number of ether oxygens (including phenoxy) is 1. The number of aromatic nitrogens is 2. The van der Waals surface area contributed by atoms with Gasteiger partial charge in [-0.25, -0.2) is 8.42 Å². The number of hydrogen-bond donors (Lipinski definition) is 3. The third kappa shape index (κ3) is 2.80. The number of nitrogens with two attached hydrogens (primary N) is 1. The van der Waals surface area contributed by atoms with E-state index in [-0.39, 0.29) is 10.6 Å². The summed E-state index contributed by atoms with van der Waals surface area (Å²) in [5.41, 5.74) is 8.57. The number of hydrogen-bond acceptors (Lipinski definition) is 5. The molecule has 0 spiro atoms. The number of aryl methyl sites for hydroxylation is 3. The molecule has 114 valence electrons. The Kier molecular flexibility index (Phi) is 3.82. The van der Waals surface area contributed by atoms with Gasteiger partial charge < -0.3 is 10.5 Å². The summed E-state index contributed by atoms with van der Waals surface area (Å²) in [7, 11) is -2.41. The number of nitrogens with one attached hydrogen (secondary N) is 2. The van der Waals surface area contributed by atoms with Crippen LogP contribution in [0.3, 0.4) is 0 Å². The first kappa shape index (κ1) is 15.2. The van der Waals surface area contributed by atoms with Gasteiger partial charge >= 0.3 is 0 Å². The zero-order valence-corrected chi connectivity index (χ0v) is 13.1. The Balaban J connectivity index is 2.52. The Morgan fingerprint density at radius 2 is 1.95 bits per heavy atom. The highest BCUT2D eigenvalue weighted by molar-refractivity contribution is 7.92. The lowest BCUT2D eigenvalue weighted by atomic mass is 10.2. The van der Waals surface area contributed by atoms with Crippen LogP contribution in [0.25, 0.3) is 0 Å². The molecule has 0 aliphatic rings. The van der Waals surface area contributed by atoms with Gasteiger partial charge in [-0.2, -0.15) is 5.10 Å². The summed E-state index contributed by atoms with van der Waals surface area (Å²) in [5.74, 6) is 0.244. The molecule has 0 amide bonds. The van der Waals surface area contributed by atoms with Gasteiger partial charge in [-0.1, -0.05) is 0 Å². The van der Waals surface area contributed by atoms with Crippen LogP contribution in [-0.4, -0.2) is 25.7 Å². The minimum atomic E-state index is -3.83. The second kappa shape index (κ2) is 5.28. The van der Waals surface area contributed by atoms with Crippen molar-refractivity contribution in [1.82, 2.24) is 10.2 Å². The Bertz CT molecular complexity index is 761. The fourth-order valence-corrected chi connectivity index (χ4v) is 3.31. The van der Waals surface area contributed by atoms with Gasteiger partial charge in [0.25, 0.3) is 10.0 Å². The van der Waals surface area contributed by atoms with Gasteiger partial charge in [0.2, 0.25) is 0 Å². The molecule has 0 radical (unpaired) electrons. The maximum atomic E-state index is 12.6. The zero-order valence-electron chi connectivity index (χ0n) is 12.3. The quantitative estimate of drug-likeness (QED) is 0.745. The fraction of sp³-hybridized carbons (Fsp3) is 0.308. The van der Waals surface area contributed by atoms with E-state index < -0.39 is 10.0 Å². The van der Waals surface area contributed by atoms with E-state index in [0.717, 1.165) is 5.56 Å². The Morgan fingerprint density at radius 3 is 2.48 bits per heavy atom. The highest BCUT2D eigenvalue weighted by atomic mass is 32.2. The molecule has 1 aromatic heterocycles. The zero-order chi connectivity index (χ0) is 15.8. The highest BCUT2D eigenvalue weighted by Gasteiger charge is 2.23. The Morgan fingerprint density at radius 1 is 1.29 bits per heavy atom.